The molecule has 0 bridgehead atoms. The summed E-state index contributed by atoms with van der Waals surface area (Å²) < 4.78 is 5.74. The van der Waals surface area contributed by atoms with Crippen LogP contribution >= 0.6 is 0 Å². The van der Waals surface area contributed by atoms with Gasteiger partial charge < -0.3 is 15.0 Å². The molecule has 0 radical (unpaired) electrons. The topological polar surface area (TPSA) is 73.9 Å². The van der Waals surface area contributed by atoms with Crippen LogP contribution in [0.25, 0.3) is 0 Å². The lowest BCUT2D eigenvalue weighted by Gasteiger charge is -2.38. The number of amides is 3. The minimum absolute atomic E-state index is 0.288. The number of carbonyl (C=O) groups excluding carboxylic acids is 2. The molecule has 3 rings (SSSR count). The molecule has 0 saturated carbocycles. The Balaban J connectivity index is 1.47. The zero-order valence-electron chi connectivity index (χ0n) is 17.6. The number of carbonyl (C=O) groups is 2. The second kappa shape index (κ2) is 10.6. The van der Waals surface area contributed by atoms with Crippen LogP contribution in [-0.4, -0.2) is 55.7 Å². The molecule has 0 unspecified atom stereocenters. The van der Waals surface area contributed by atoms with Gasteiger partial charge in [-0.2, -0.15) is 0 Å². The second-order valence-electron chi connectivity index (χ2n) is 7.26. The lowest BCUT2D eigenvalue weighted by atomic mass is 10.2. The molecule has 160 valence electrons. The molecule has 7 nitrogen and oxygen atoms in total. The highest BCUT2D eigenvalue weighted by Crippen LogP contribution is 2.29. The fraction of sp³-hybridized carbons (Fsp3) is 0.391. The Bertz CT molecular complexity index is 835. The van der Waals surface area contributed by atoms with Crippen molar-refractivity contribution in [2.45, 2.75) is 26.4 Å². The van der Waals surface area contributed by atoms with E-state index in [2.05, 4.69) is 26.5 Å². The number of urea groups is 1. The van der Waals surface area contributed by atoms with Gasteiger partial charge in [-0.1, -0.05) is 42.5 Å². The minimum atomic E-state index is -0.472. The van der Waals surface area contributed by atoms with Crippen LogP contribution in [0.1, 0.15) is 19.4 Å². The van der Waals surface area contributed by atoms with E-state index < -0.39 is 6.03 Å². The first-order chi connectivity index (χ1) is 14.6. The molecule has 0 aromatic heterocycles. The highest BCUT2D eigenvalue weighted by Gasteiger charge is 2.27. The Morgan fingerprint density at radius 3 is 2.37 bits per heavy atom. The van der Waals surface area contributed by atoms with Crippen LogP contribution in [0.4, 0.5) is 10.5 Å². The number of imide groups is 1. The van der Waals surface area contributed by atoms with Crippen LogP contribution in [0.15, 0.2) is 54.6 Å². The van der Waals surface area contributed by atoms with Crippen molar-refractivity contribution < 1.29 is 14.3 Å². The Morgan fingerprint density at radius 1 is 1.00 bits per heavy atom. The number of rotatable bonds is 7. The van der Waals surface area contributed by atoms with Gasteiger partial charge in [0.15, 0.2) is 0 Å². The summed E-state index contributed by atoms with van der Waals surface area (Å²) in [4.78, 5) is 28.9. The van der Waals surface area contributed by atoms with E-state index in [-0.39, 0.29) is 11.9 Å². The van der Waals surface area contributed by atoms with Crippen molar-refractivity contribution in [2.24, 2.45) is 0 Å². The van der Waals surface area contributed by atoms with Crippen molar-refractivity contribution in [3.8, 4) is 5.75 Å². The van der Waals surface area contributed by atoms with Gasteiger partial charge in [0, 0.05) is 32.7 Å². The van der Waals surface area contributed by atoms with Crippen molar-refractivity contribution in [1.82, 2.24) is 15.5 Å². The number of nitrogens with one attached hydrogen (secondary N) is 2. The summed E-state index contributed by atoms with van der Waals surface area (Å²) in [6.07, 6.45) is 0. The van der Waals surface area contributed by atoms with Crippen molar-refractivity contribution >= 4 is 17.6 Å². The smallest absolute Gasteiger partial charge is 0.321 e. The van der Waals surface area contributed by atoms with Crippen molar-refractivity contribution in [1.29, 1.82) is 0 Å². The van der Waals surface area contributed by atoms with E-state index in [1.165, 1.54) is 0 Å². The van der Waals surface area contributed by atoms with Gasteiger partial charge in [-0.3, -0.25) is 15.0 Å². The first-order valence-electron chi connectivity index (χ1n) is 10.4. The van der Waals surface area contributed by atoms with Gasteiger partial charge in [0.25, 0.3) is 0 Å². The predicted octanol–water partition coefficient (Wildman–Crippen LogP) is 2.62. The third-order valence-corrected chi connectivity index (χ3v) is 5.28. The molecule has 1 aliphatic heterocycles. The zero-order valence-corrected chi connectivity index (χ0v) is 17.6. The van der Waals surface area contributed by atoms with Gasteiger partial charge in [-0.05, 0) is 31.5 Å². The third kappa shape index (κ3) is 5.73. The average molecular weight is 411 g/mol. The Morgan fingerprint density at radius 2 is 1.67 bits per heavy atom. The SMILES string of the molecule is CCOc1ccccc1N1CCN([C@@H](C)C(=O)NC(=O)NCc2ccccc2)CC1. The summed E-state index contributed by atoms with van der Waals surface area (Å²) in [6, 6.07) is 16.8. The molecule has 1 aliphatic rings. The predicted molar refractivity (Wildman–Crippen MR) is 118 cm³/mol. The molecule has 0 spiro atoms. The maximum absolute atomic E-state index is 12.5. The number of hydrogen-bond donors (Lipinski definition) is 2. The molecule has 1 fully saturated rings. The van der Waals surface area contributed by atoms with Gasteiger partial charge >= 0.3 is 6.03 Å². The van der Waals surface area contributed by atoms with E-state index in [1.54, 1.807) is 0 Å². The quantitative estimate of drug-likeness (QED) is 0.734. The van der Waals surface area contributed by atoms with Gasteiger partial charge in [-0.25, -0.2) is 4.79 Å². The number of nitrogens with zero attached hydrogens (tertiary/aromatic N) is 2. The van der Waals surface area contributed by atoms with Crippen LogP contribution in [-0.2, 0) is 11.3 Å². The van der Waals surface area contributed by atoms with Gasteiger partial charge in [0.1, 0.15) is 5.75 Å². The molecule has 2 aromatic rings. The van der Waals surface area contributed by atoms with Gasteiger partial charge in [0.05, 0.1) is 18.3 Å². The molecule has 1 saturated heterocycles. The lowest BCUT2D eigenvalue weighted by Crippen LogP contribution is -2.55. The Hall–Kier alpha value is -3.06. The van der Waals surface area contributed by atoms with Gasteiger partial charge in [-0.15, -0.1) is 0 Å². The fourth-order valence-corrected chi connectivity index (χ4v) is 3.55. The molecular weight excluding hydrogens is 380 g/mol. The summed E-state index contributed by atoms with van der Waals surface area (Å²) in [5.41, 5.74) is 2.06. The van der Waals surface area contributed by atoms with E-state index in [1.807, 2.05) is 62.4 Å². The summed E-state index contributed by atoms with van der Waals surface area (Å²) in [7, 11) is 0. The largest absolute Gasteiger partial charge is 0.492 e. The molecule has 1 heterocycles. The summed E-state index contributed by atoms with van der Waals surface area (Å²) in [5, 5.41) is 5.17. The fourth-order valence-electron chi connectivity index (χ4n) is 3.55. The molecular formula is C23H30N4O3. The number of para-hydroxylation sites is 2. The number of piperazine rings is 1. The minimum Gasteiger partial charge on any atom is -0.492 e. The maximum Gasteiger partial charge on any atom is 0.321 e. The maximum atomic E-state index is 12.5. The van der Waals surface area contributed by atoms with E-state index in [4.69, 9.17) is 4.74 Å². The molecule has 30 heavy (non-hydrogen) atoms. The van der Waals surface area contributed by atoms with E-state index in [9.17, 15) is 9.59 Å². The molecule has 2 N–H and O–H groups in total. The summed E-state index contributed by atoms with van der Waals surface area (Å²) in [6.45, 7) is 7.88. The monoisotopic (exact) mass is 410 g/mol. The van der Waals surface area contributed by atoms with E-state index >= 15 is 0 Å². The molecule has 3 amide bonds. The molecule has 2 aromatic carbocycles. The number of anilines is 1. The first-order valence-corrected chi connectivity index (χ1v) is 10.4. The third-order valence-electron chi connectivity index (χ3n) is 5.28. The molecule has 7 heteroatoms. The van der Waals surface area contributed by atoms with Crippen LogP contribution in [0.5, 0.6) is 5.75 Å². The van der Waals surface area contributed by atoms with Crippen LogP contribution < -0.4 is 20.3 Å². The van der Waals surface area contributed by atoms with Crippen LogP contribution in [0.3, 0.4) is 0 Å². The van der Waals surface area contributed by atoms with E-state index in [0.29, 0.717) is 13.2 Å². The van der Waals surface area contributed by atoms with Crippen molar-refractivity contribution in [3.05, 3.63) is 60.2 Å². The highest BCUT2D eigenvalue weighted by molar-refractivity contribution is 5.96. The van der Waals surface area contributed by atoms with Gasteiger partial charge in [0.2, 0.25) is 5.91 Å². The average Bonchev–Trinajstić information content (AvgIpc) is 2.78. The first kappa shape index (κ1) is 21.6. The second-order valence-corrected chi connectivity index (χ2v) is 7.26. The summed E-state index contributed by atoms with van der Waals surface area (Å²) >= 11 is 0. The Kier molecular flexibility index (Phi) is 7.68. The van der Waals surface area contributed by atoms with E-state index in [0.717, 1.165) is 43.2 Å². The standard InChI is InChI=1S/C23H30N4O3/c1-3-30-21-12-8-7-11-20(21)27-15-13-26(14-16-27)18(2)22(28)25-23(29)24-17-19-9-5-4-6-10-19/h4-12,18H,3,13-17H2,1-2H3,(H2,24,25,28,29)/t18-/m0/s1. The van der Waals surface area contributed by atoms with Crippen LogP contribution in [0, 0.1) is 0 Å². The number of hydrogen-bond acceptors (Lipinski definition) is 5. The van der Waals surface area contributed by atoms with Crippen molar-refractivity contribution in [2.75, 3.05) is 37.7 Å². The van der Waals surface area contributed by atoms with Crippen molar-refractivity contribution in [3.63, 3.8) is 0 Å². The number of ether oxygens (including phenoxy) is 1. The zero-order chi connectivity index (χ0) is 21.3. The molecule has 0 aliphatic carbocycles. The lowest BCUT2D eigenvalue weighted by molar-refractivity contribution is -0.124. The normalized spacial score (nSPS) is 15.3. The Labute approximate surface area is 178 Å². The highest BCUT2D eigenvalue weighted by atomic mass is 16.5. The summed E-state index contributed by atoms with van der Waals surface area (Å²) in [5.74, 6) is 0.595. The molecule has 1 atom stereocenters. The van der Waals surface area contributed by atoms with Crippen LogP contribution in [0.2, 0.25) is 0 Å². The number of benzene rings is 2.